The molecule has 2 rings (SSSR count). The number of amides is 1. The molecule has 0 radical (unpaired) electrons. The molecular weight excluding hydrogens is 240 g/mol. The molecule has 1 saturated carbocycles. The molecule has 3 atom stereocenters. The number of hydrogen-bond donors (Lipinski definition) is 2. The molecule has 0 aromatic rings. The van der Waals surface area contributed by atoms with E-state index in [0.29, 0.717) is 6.04 Å². The van der Waals surface area contributed by atoms with E-state index in [2.05, 4.69) is 29.2 Å². The number of nitrogens with zero attached hydrogens (tertiary/aromatic N) is 2. The summed E-state index contributed by atoms with van der Waals surface area (Å²) < 4.78 is 0. The highest BCUT2D eigenvalue weighted by Crippen LogP contribution is 2.33. The molecule has 3 unspecified atom stereocenters. The van der Waals surface area contributed by atoms with E-state index in [0.717, 1.165) is 31.7 Å². The zero-order chi connectivity index (χ0) is 14.0. The monoisotopic (exact) mass is 268 g/mol. The molecule has 0 bridgehead atoms. The van der Waals surface area contributed by atoms with Crippen LogP contribution in [-0.4, -0.2) is 68.1 Å². The SMILES string of the molecule is CNC1(C(N)=O)CCC(N(C)CC2CCN(C)C2)C1. The molecule has 110 valence electrons. The zero-order valence-corrected chi connectivity index (χ0v) is 12.5. The third-order valence-corrected chi connectivity index (χ3v) is 5.10. The summed E-state index contributed by atoms with van der Waals surface area (Å²) in [7, 11) is 6.23. The molecule has 5 heteroatoms. The maximum absolute atomic E-state index is 11.6. The highest BCUT2D eigenvalue weighted by Gasteiger charge is 2.44. The van der Waals surface area contributed by atoms with Crippen molar-refractivity contribution in [3.8, 4) is 0 Å². The van der Waals surface area contributed by atoms with E-state index >= 15 is 0 Å². The molecule has 1 heterocycles. The number of hydrogen-bond acceptors (Lipinski definition) is 4. The third kappa shape index (κ3) is 3.09. The van der Waals surface area contributed by atoms with Crippen molar-refractivity contribution in [2.24, 2.45) is 11.7 Å². The van der Waals surface area contributed by atoms with E-state index in [1.807, 2.05) is 7.05 Å². The summed E-state index contributed by atoms with van der Waals surface area (Å²) in [4.78, 5) is 16.5. The third-order valence-electron chi connectivity index (χ3n) is 5.10. The van der Waals surface area contributed by atoms with Crippen LogP contribution in [0.5, 0.6) is 0 Å². The lowest BCUT2D eigenvalue weighted by atomic mass is 9.96. The first-order chi connectivity index (χ1) is 8.97. The minimum atomic E-state index is -0.481. The number of carbonyl (C=O) groups is 1. The summed E-state index contributed by atoms with van der Waals surface area (Å²) in [5.41, 5.74) is 5.08. The Morgan fingerprint density at radius 3 is 2.74 bits per heavy atom. The molecule has 2 fully saturated rings. The van der Waals surface area contributed by atoms with Gasteiger partial charge in [-0.05, 0) is 59.3 Å². The summed E-state index contributed by atoms with van der Waals surface area (Å²) >= 11 is 0. The van der Waals surface area contributed by atoms with E-state index < -0.39 is 5.54 Å². The fourth-order valence-electron chi connectivity index (χ4n) is 3.70. The van der Waals surface area contributed by atoms with Gasteiger partial charge in [0.1, 0.15) is 0 Å². The van der Waals surface area contributed by atoms with E-state index in [1.54, 1.807) is 0 Å². The molecule has 3 N–H and O–H groups in total. The van der Waals surface area contributed by atoms with Crippen LogP contribution in [0.15, 0.2) is 0 Å². The Kier molecular flexibility index (Phi) is 4.48. The summed E-state index contributed by atoms with van der Waals surface area (Å²) in [5.74, 6) is 0.569. The van der Waals surface area contributed by atoms with Crippen LogP contribution in [0.25, 0.3) is 0 Å². The Balaban J connectivity index is 1.87. The Morgan fingerprint density at radius 1 is 1.53 bits per heavy atom. The Labute approximate surface area is 116 Å². The fourth-order valence-corrected chi connectivity index (χ4v) is 3.70. The molecular formula is C14H28N4O. The van der Waals surface area contributed by atoms with Gasteiger partial charge in [0, 0.05) is 19.1 Å². The summed E-state index contributed by atoms with van der Waals surface area (Å²) in [6.45, 7) is 3.54. The number of carbonyl (C=O) groups excluding carboxylic acids is 1. The molecule has 0 aromatic carbocycles. The van der Waals surface area contributed by atoms with Crippen LogP contribution in [0.4, 0.5) is 0 Å². The van der Waals surface area contributed by atoms with Crippen LogP contribution in [0.1, 0.15) is 25.7 Å². The summed E-state index contributed by atoms with van der Waals surface area (Å²) in [6, 6.07) is 0.478. The van der Waals surface area contributed by atoms with Crippen LogP contribution in [0.3, 0.4) is 0 Å². The van der Waals surface area contributed by atoms with E-state index in [9.17, 15) is 4.79 Å². The fraction of sp³-hybridized carbons (Fsp3) is 0.929. The van der Waals surface area contributed by atoms with Gasteiger partial charge in [-0.2, -0.15) is 0 Å². The molecule has 19 heavy (non-hydrogen) atoms. The second-order valence-electron chi connectivity index (χ2n) is 6.45. The molecule has 1 amide bonds. The smallest absolute Gasteiger partial charge is 0.237 e. The number of nitrogens with two attached hydrogens (primary N) is 1. The number of likely N-dealkylation sites (tertiary alicyclic amines) is 1. The van der Waals surface area contributed by atoms with Crippen molar-refractivity contribution in [1.82, 2.24) is 15.1 Å². The second kappa shape index (κ2) is 5.77. The number of likely N-dealkylation sites (N-methyl/N-ethyl adjacent to an activating group) is 1. The Morgan fingerprint density at radius 2 is 2.26 bits per heavy atom. The summed E-state index contributed by atoms with van der Waals surface area (Å²) in [5, 5.41) is 3.15. The van der Waals surface area contributed by atoms with Crippen LogP contribution in [0, 0.1) is 5.92 Å². The Hall–Kier alpha value is -0.650. The van der Waals surface area contributed by atoms with Crippen molar-refractivity contribution in [2.75, 3.05) is 40.8 Å². The normalized spacial score (nSPS) is 36.2. The van der Waals surface area contributed by atoms with Gasteiger partial charge in [0.25, 0.3) is 0 Å². The lowest BCUT2D eigenvalue weighted by Crippen LogP contribution is -2.53. The number of rotatable bonds is 5. The van der Waals surface area contributed by atoms with E-state index in [4.69, 9.17) is 5.73 Å². The molecule has 1 saturated heterocycles. The second-order valence-corrected chi connectivity index (χ2v) is 6.45. The number of nitrogens with one attached hydrogen (secondary N) is 1. The zero-order valence-electron chi connectivity index (χ0n) is 12.5. The minimum Gasteiger partial charge on any atom is -0.368 e. The van der Waals surface area contributed by atoms with Gasteiger partial charge in [0.2, 0.25) is 5.91 Å². The van der Waals surface area contributed by atoms with Gasteiger partial charge in [0.05, 0.1) is 5.54 Å². The van der Waals surface area contributed by atoms with Crippen LogP contribution < -0.4 is 11.1 Å². The lowest BCUT2D eigenvalue weighted by molar-refractivity contribution is -0.124. The molecule has 1 aliphatic carbocycles. The van der Waals surface area contributed by atoms with Gasteiger partial charge >= 0.3 is 0 Å². The predicted octanol–water partition coefficient (Wildman–Crippen LogP) is -0.134. The van der Waals surface area contributed by atoms with Crippen molar-refractivity contribution in [1.29, 1.82) is 0 Å². The van der Waals surface area contributed by atoms with E-state index in [-0.39, 0.29) is 5.91 Å². The van der Waals surface area contributed by atoms with E-state index in [1.165, 1.54) is 19.5 Å². The van der Waals surface area contributed by atoms with Gasteiger partial charge in [-0.15, -0.1) is 0 Å². The standard InChI is InChI=1S/C14H28N4O/c1-16-14(13(15)19)6-4-12(8-14)18(3)10-11-5-7-17(2)9-11/h11-12,16H,4-10H2,1-3H3,(H2,15,19). The maximum atomic E-state index is 11.6. The average molecular weight is 268 g/mol. The minimum absolute atomic E-state index is 0.202. The number of primary amides is 1. The van der Waals surface area contributed by atoms with Crippen molar-refractivity contribution in [2.45, 2.75) is 37.3 Å². The molecule has 0 aromatic heterocycles. The van der Waals surface area contributed by atoms with Gasteiger partial charge < -0.3 is 20.9 Å². The molecule has 2 aliphatic rings. The lowest BCUT2D eigenvalue weighted by Gasteiger charge is -2.30. The van der Waals surface area contributed by atoms with Crippen LogP contribution in [-0.2, 0) is 4.79 Å². The van der Waals surface area contributed by atoms with Gasteiger partial charge in [-0.3, -0.25) is 4.79 Å². The first-order valence-corrected chi connectivity index (χ1v) is 7.34. The van der Waals surface area contributed by atoms with Crippen LogP contribution in [0.2, 0.25) is 0 Å². The molecule has 5 nitrogen and oxygen atoms in total. The Bertz CT molecular complexity index is 335. The molecule has 1 aliphatic heterocycles. The van der Waals surface area contributed by atoms with Crippen molar-refractivity contribution in [3.05, 3.63) is 0 Å². The first-order valence-electron chi connectivity index (χ1n) is 7.34. The average Bonchev–Trinajstić information content (AvgIpc) is 2.96. The van der Waals surface area contributed by atoms with Gasteiger partial charge in [-0.1, -0.05) is 0 Å². The van der Waals surface area contributed by atoms with Gasteiger partial charge in [0.15, 0.2) is 0 Å². The van der Waals surface area contributed by atoms with Crippen LogP contribution >= 0.6 is 0 Å². The summed E-state index contributed by atoms with van der Waals surface area (Å²) in [6.07, 6.45) is 4.06. The highest BCUT2D eigenvalue weighted by molar-refractivity contribution is 5.85. The van der Waals surface area contributed by atoms with Gasteiger partial charge in [-0.25, -0.2) is 0 Å². The predicted molar refractivity (Wildman–Crippen MR) is 76.9 cm³/mol. The maximum Gasteiger partial charge on any atom is 0.237 e. The van der Waals surface area contributed by atoms with Crippen molar-refractivity contribution >= 4 is 5.91 Å². The van der Waals surface area contributed by atoms with Crippen molar-refractivity contribution < 1.29 is 4.79 Å². The molecule has 0 spiro atoms. The van der Waals surface area contributed by atoms with Crippen molar-refractivity contribution in [3.63, 3.8) is 0 Å². The topological polar surface area (TPSA) is 61.6 Å². The quantitative estimate of drug-likeness (QED) is 0.729. The first kappa shape index (κ1) is 14.8. The largest absolute Gasteiger partial charge is 0.368 e. The highest BCUT2D eigenvalue weighted by atomic mass is 16.1.